The van der Waals surface area contributed by atoms with Crippen LogP contribution in [0.1, 0.15) is 0 Å². The molecule has 0 unspecified atom stereocenters. The van der Waals surface area contributed by atoms with E-state index in [2.05, 4.69) is 16.7 Å². The van der Waals surface area contributed by atoms with Crippen LogP contribution in [-0.2, 0) is 57.2 Å². The number of rotatable bonds is 2. The lowest BCUT2D eigenvalue weighted by Crippen LogP contribution is -2.56. The highest BCUT2D eigenvalue weighted by molar-refractivity contribution is 8.04. The Morgan fingerprint density at radius 3 is 1.04 bits per heavy atom. The van der Waals surface area contributed by atoms with Crippen LogP contribution in [0.25, 0.3) is 0 Å². The minimum absolute atomic E-state index is 1.77. The Morgan fingerprint density at radius 1 is 0.609 bits per heavy atom. The molecule has 0 atom stereocenters. The van der Waals surface area contributed by atoms with E-state index >= 15 is 0 Å². The first-order chi connectivity index (χ1) is 10.0. The second kappa shape index (κ2) is 5.25. The number of alkyl halides is 2. The summed E-state index contributed by atoms with van der Waals surface area (Å²) in [5, 5.41) is -3.54. The van der Waals surface area contributed by atoms with Crippen LogP contribution in [0.5, 0.6) is 0 Å². The molecule has 0 amide bonds. The molecule has 0 aromatic heterocycles. The van der Waals surface area contributed by atoms with E-state index in [4.69, 9.17) is 0 Å². The molecule has 0 aromatic rings. The third-order valence-corrected chi connectivity index (χ3v) is 8.63. The molecule has 2 aliphatic rings. The summed E-state index contributed by atoms with van der Waals surface area (Å²) in [6.07, 6.45) is -6.83. The van der Waals surface area contributed by atoms with Crippen molar-refractivity contribution >= 4 is 40.5 Å². The third-order valence-electron chi connectivity index (χ3n) is 2.14. The van der Waals surface area contributed by atoms with Gasteiger partial charge in [0.15, 0.2) is 0 Å². The SMILES string of the molecule is O=S1(=O)CS(=O)(=O)OC(C(F)(F)C2OS(=O)(=O)CS(=O)(=O)O2)O1. The average Bonchev–Trinajstić information content (AvgIpc) is 2.19. The van der Waals surface area contributed by atoms with Gasteiger partial charge in [0.2, 0.25) is 10.2 Å². The van der Waals surface area contributed by atoms with Gasteiger partial charge in [-0.05, 0) is 0 Å². The largest absolute Gasteiger partial charge is 0.352 e. The summed E-state index contributed by atoms with van der Waals surface area (Å²) < 4.78 is 132. The standard InChI is InChI=1S/C5H6F2O12S4/c6-5(7,3-16-20(8,9)1-21(10,11)17-3)4-18-22(12,13)2-23(14,15)19-4/h3-4H,1-2H2. The lowest BCUT2D eigenvalue weighted by molar-refractivity contribution is -0.262. The fourth-order valence-corrected chi connectivity index (χ4v) is 6.95. The van der Waals surface area contributed by atoms with E-state index in [1.54, 1.807) is 0 Å². The molecule has 2 fully saturated rings. The van der Waals surface area contributed by atoms with Crippen molar-refractivity contribution in [2.24, 2.45) is 0 Å². The maximum Gasteiger partial charge on any atom is 0.352 e. The van der Waals surface area contributed by atoms with E-state index in [0.29, 0.717) is 0 Å². The molecule has 0 saturated carbocycles. The quantitative estimate of drug-likeness (QED) is 0.431. The van der Waals surface area contributed by atoms with Crippen LogP contribution in [0, 0.1) is 0 Å². The van der Waals surface area contributed by atoms with Crippen LogP contribution < -0.4 is 0 Å². The zero-order valence-corrected chi connectivity index (χ0v) is 13.6. The van der Waals surface area contributed by atoms with E-state index < -0.39 is 69.1 Å². The van der Waals surface area contributed by atoms with Crippen LogP contribution in [0.15, 0.2) is 0 Å². The lowest BCUT2D eigenvalue weighted by atomic mass is 10.3. The summed E-state index contributed by atoms with van der Waals surface area (Å²) >= 11 is 0. The van der Waals surface area contributed by atoms with E-state index in [9.17, 15) is 42.5 Å². The van der Waals surface area contributed by atoms with Gasteiger partial charge in [0.1, 0.15) is 0 Å². The molecule has 2 aliphatic heterocycles. The van der Waals surface area contributed by atoms with Crippen molar-refractivity contribution in [2.75, 3.05) is 10.2 Å². The molecule has 0 radical (unpaired) electrons. The van der Waals surface area contributed by atoms with Gasteiger partial charge < -0.3 is 0 Å². The fourth-order valence-electron chi connectivity index (χ4n) is 1.40. The molecular weight excluding hydrogens is 418 g/mol. The van der Waals surface area contributed by atoms with Crippen molar-refractivity contribution in [3.05, 3.63) is 0 Å². The molecule has 2 rings (SSSR count). The predicted molar refractivity (Wildman–Crippen MR) is 62.3 cm³/mol. The summed E-state index contributed by atoms with van der Waals surface area (Å²) in [6, 6.07) is 0. The maximum absolute atomic E-state index is 14.0. The molecule has 2 heterocycles. The van der Waals surface area contributed by atoms with Crippen LogP contribution in [0.4, 0.5) is 8.78 Å². The monoisotopic (exact) mass is 424 g/mol. The summed E-state index contributed by atoms with van der Waals surface area (Å²) in [6.45, 7) is 0. The van der Waals surface area contributed by atoms with E-state index in [1.807, 2.05) is 0 Å². The number of halogens is 2. The van der Waals surface area contributed by atoms with Crippen molar-refractivity contribution in [3.63, 3.8) is 0 Å². The Kier molecular flexibility index (Phi) is 4.30. The van der Waals surface area contributed by atoms with E-state index in [0.717, 1.165) is 0 Å². The average molecular weight is 424 g/mol. The molecule has 0 bridgehead atoms. The van der Waals surface area contributed by atoms with Crippen molar-refractivity contribution in [1.29, 1.82) is 0 Å². The Bertz CT molecular complexity index is 768. The third kappa shape index (κ3) is 4.32. The summed E-state index contributed by atoms with van der Waals surface area (Å²) in [5.74, 6) is -4.94. The van der Waals surface area contributed by atoms with Gasteiger partial charge in [-0.15, -0.1) is 0 Å². The minimum Gasteiger partial charge on any atom is -0.229 e. The normalized spacial score (nSPS) is 30.7. The highest BCUT2D eigenvalue weighted by Crippen LogP contribution is 2.37. The minimum atomic E-state index is -5.02. The van der Waals surface area contributed by atoms with Gasteiger partial charge in [0, 0.05) is 0 Å². The molecule has 18 heteroatoms. The van der Waals surface area contributed by atoms with Crippen molar-refractivity contribution in [3.8, 4) is 0 Å². The molecule has 23 heavy (non-hydrogen) atoms. The van der Waals surface area contributed by atoms with Crippen molar-refractivity contribution in [2.45, 2.75) is 18.5 Å². The molecule has 136 valence electrons. The Labute approximate surface area is 128 Å². The molecule has 2 saturated heterocycles. The van der Waals surface area contributed by atoms with Crippen LogP contribution in [-0.4, -0.2) is 62.3 Å². The molecule has 0 aliphatic carbocycles. The molecule has 12 nitrogen and oxygen atoms in total. The van der Waals surface area contributed by atoms with Gasteiger partial charge in [-0.25, -0.2) is 16.7 Å². The van der Waals surface area contributed by atoms with Crippen LogP contribution >= 0.6 is 0 Å². The Hall–Kier alpha value is -0.500. The van der Waals surface area contributed by atoms with Crippen molar-refractivity contribution < 1.29 is 59.2 Å². The zero-order valence-electron chi connectivity index (χ0n) is 10.4. The molecule has 0 N–H and O–H groups in total. The number of hydrogen-bond acceptors (Lipinski definition) is 12. The first-order valence-electron chi connectivity index (χ1n) is 5.05. The van der Waals surface area contributed by atoms with Gasteiger partial charge in [0.25, 0.3) is 53.1 Å². The highest BCUT2D eigenvalue weighted by Gasteiger charge is 2.61. The van der Waals surface area contributed by atoms with Gasteiger partial charge in [-0.2, -0.15) is 42.5 Å². The summed E-state index contributed by atoms with van der Waals surface area (Å²) in [7, 11) is -20.1. The van der Waals surface area contributed by atoms with Crippen LogP contribution in [0.3, 0.4) is 0 Å². The van der Waals surface area contributed by atoms with E-state index in [-0.39, 0.29) is 0 Å². The fraction of sp³-hybridized carbons (Fsp3) is 1.00. The predicted octanol–water partition coefficient (Wildman–Crippen LogP) is -2.40. The van der Waals surface area contributed by atoms with Gasteiger partial charge >= 0.3 is 5.92 Å². The molecule has 0 spiro atoms. The summed E-state index contributed by atoms with van der Waals surface area (Å²) in [5.41, 5.74) is 0. The first-order valence-corrected chi connectivity index (χ1v) is 11.4. The topological polar surface area (TPSA) is 173 Å². The highest BCUT2D eigenvalue weighted by atomic mass is 32.3. The first kappa shape index (κ1) is 18.8. The second-order valence-corrected chi connectivity index (χ2v) is 11.3. The zero-order chi connectivity index (χ0) is 17.9. The molecular formula is C5H6F2O12S4. The van der Waals surface area contributed by atoms with Gasteiger partial charge in [0.05, 0.1) is 0 Å². The van der Waals surface area contributed by atoms with Crippen LogP contribution in [0.2, 0.25) is 0 Å². The summed E-state index contributed by atoms with van der Waals surface area (Å²) in [4.78, 5) is 0. The van der Waals surface area contributed by atoms with Gasteiger partial charge in [-0.3, -0.25) is 0 Å². The molecule has 0 aromatic carbocycles. The second-order valence-electron chi connectivity index (χ2n) is 4.19. The van der Waals surface area contributed by atoms with Crippen molar-refractivity contribution in [1.82, 2.24) is 0 Å². The Morgan fingerprint density at radius 2 is 0.826 bits per heavy atom. The Balaban J connectivity index is 2.41. The maximum atomic E-state index is 14.0. The van der Waals surface area contributed by atoms with Gasteiger partial charge in [-0.1, -0.05) is 0 Å². The van der Waals surface area contributed by atoms with E-state index in [1.165, 1.54) is 0 Å². The lowest BCUT2D eigenvalue weighted by Gasteiger charge is -2.33. The number of hydrogen-bond donors (Lipinski definition) is 0. The smallest absolute Gasteiger partial charge is 0.229 e.